The van der Waals surface area contributed by atoms with E-state index in [2.05, 4.69) is 10.2 Å². The maximum atomic E-state index is 14.5. The van der Waals surface area contributed by atoms with Gasteiger partial charge in [0.1, 0.15) is 12.4 Å². The molecule has 3 heterocycles. The Morgan fingerprint density at radius 3 is 2.59 bits per heavy atom. The van der Waals surface area contributed by atoms with Crippen molar-refractivity contribution in [3.05, 3.63) is 65.4 Å². The summed E-state index contributed by atoms with van der Waals surface area (Å²) in [4.78, 5) is 14.6. The molecule has 0 saturated carbocycles. The summed E-state index contributed by atoms with van der Waals surface area (Å²) in [6.07, 6.45) is -3.73. The van der Waals surface area contributed by atoms with Gasteiger partial charge in [-0.3, -0.25) is 9.48 Å². The summed E-state index contributed by atoms with van der Waals surface area (Å²) < 4.78 is 89.8. The molecule has 3 aromatic rings. The predicted molar refractivity (Wildman–Crippen MR) is 131 cm³/mol. The zero-order chi connectivity index (χ0) is 26.8. The number of alkyl halides is 3. The van der Waals surface area contributed by atoms with E-state index < -0.39 is 45.6 Å². The number of rotatable bonds is 10. The first kappa shape index (κ1) is 27.9. The molecule has 200 valence electrons. The Morgan fingerprint density at radius 2 is 1.92 bits per heavy atom. The van der Waals surface area contributed by atoms with Gasteiger partial charge in [0.25, 0.3) is 5.91 Å². The fraction of sp³-hybridized carbons (Fsp3) is 0.350. The first-order chi connectivity index (χ1) is 17.5. The topological polar surface area (TPSA) is 109 Å². The van der Waals surface area contributed by atoms with E-state index in [9.17, 15) is 30.8 Å². The van der Waals surface area contributed by atoms with Crippen LogP contribution in [0, 0.1) is 5.82 Å². The summed E-state index contributed by atoms with van der Waals surface area (Å²) in [5, 5.41) is 6.91. The number of carbonyl (C=O) groups excluding carboxylic acids is 1. The Labute approximate surface area is 223 Å². The number of hydrogen-bond acceptors (Lipinski definition) is 7. The summed E-state index contributed by atoms with van der Waals surface area (Å²) in [6.45, 7) is -1.08. The number of fused-ring (bicyclic) bond motifs is 1. The molecule has 4 rings (SSSR count). The highest BCUT2D eigenvalue weighted by Gasteiger charge is 2.35. The first-order valence-electron chi connectivity index (χ1n) is 10.5. The summed E-state index contributed by atoms with van der Waals surface area (Å²) in [5.41, 5.74) is 0.734. The normalized spacial score (nSPS) is 15.0. The Hall–Kier alpha value is -2.14. The van der Waals surface area contributed by atoms with Crippen LogP contribution in [0.5, 0.6) is 0 Å². The lowest BCUT2D eigenvalue weighted by Gasteiger charge is -2.24. The third-order valence-electron chi connectivity index (χ3n) is 5.27. The summed E-state index contributed by atoms with van der Waals surface area (Å²) >= 11 is 2.04. The van der Waals surface area contributed by atoms with Gasteiger partial charge in [0.05, 0.1) is 31.9 Å². The predicted octanol–water partition coefficient (Wildman–Crippen LogP) is 3.58. The second-order valence-corrected chi connectivity index (χ2v) is 11.3. The van der Waals surface area contributed by atoms with Gasteiger partial charge in [-0.15, -0.1) is 0 Å². The molecule has 1 amide bonds. The van der Waals surface area contributed by atoms with Crippen LogP contribution in [-0.4, -0.2) is 57.6 Å². The minimum atomic E-state index is -4.57. The Kier molecular flexibility index (Phi) is 8.52. The van der Waals surface area contributed by atoms with Crippen molar-refractivity contribution in [3.8, 4) is 0 Å². The van der Waals surface area contributed by atoms with Crippen molar-refractivity contribution in [2.75, 3.05) is 13.2 Å². The molecular formula is C20H19F4IN5O5PS. The lowest BCUT2D eigenvalue weighted by atomic mass is 10.1. The van der Waals surface area contributed by atoms with E-state index >= 15 is 0 Å². The zero-order valence-electron chi connectivity index (χ0n) is 18.7. The molecule has 0 N–H and O–H groups in total. The molecule has 17 heteroatoms. The number of amides is 1. The number of benzene rings is 1. The van der Waals surface area contributed by atoms with Gasteiger partial charge in [-0.2, -0.15) is 35.9 Å². The van der Waals surface area contributed by atoms with Crippen molar-refractivity contribution >= 4 is 44.4 Å². The first-order valence-corrected chi connectivity index (χ1v) is 16.0. The molecule has 37 heavy (non-hydrogen) atoms. The summed E-state index contributed by atoms with van der Waals surface area (Å²) in [5.74, 6) is -1.16. The lowest BCUT2D eigenvalue weighted by Crippen LogP contribution is -2.33. The number of nitrogens with zero attached hydrogens (tertiary/aromatic N) is 5. The largest absolute Gasteiger partial charge is 0.408 e. The van der Waals surface area contributed by atoms with Crippen LogP contribution in [0.2, 0.25) is 0 Å². The van der Waals surface area contributed by atoms with Crippen LogP contribution >= 0.6 is 28.5 Å². The van der Waals surface area contributed by atoms with Gasteiger partial charge >= 0.3 is 16.2 Å². The molecule has 10 nitrogen and oxygen atoms in total. The van der Waals surface area contributed by atoms with Crippen LogP contribution < -0.4 is 0 Å². The smallest absolute Gasteiger partial charge is 0.361 e. The molecule has 0 spiro atoms. The van der Waals surface area contributed by atoms with Gasteiger partial charge in [0, 0.05) is 30.1 Å². The van der Waals surface area contributed by atoms with Gasteiger partial charge < -0.3 is 14.2 Å². The second kappa shape index (κ2) is 11.3. The van der Waals surface area contributed by atoms with Gasteiger partial charge in [0.2, 0.25) is 0 Å². The van der Waals surface area contributed by atoms with Crippen molar-refractivity contribution in [2.24, 2.45) is 0 Å². The fourth-order valence-electron chi connectivity index (χ4n) is 3.65. The van der Waals surface area contributed by atoms with E-state index in [1.807, 2.05) is 22.0 Å². The Bertz CT molecular complexity index is 1360. The van der Waals surface area contributed by atoms with Crippen molar-refractivity contribution in [3.63, 3.8) is 0 Å². The van der Waals surface area contributed by atoms with Gasteiger partial charge in [-0.25, -0.2) is 4.39 Å². The second-order valence-electron chi connectivity index (χ2n) is 7.84. The van der Waals surface area contributed by atoms with Crippen LogP contribution in [0.1, 0.15) is 22.9 Å². The fourth-order valence-corrected chi connectivity index (χ4v) is 5.57. The van der Waals surface area contributed by atoms with E-state index in [-0.39, 0.29) is 44.0 Å². The Balaban J connectivity index is 1.49. The molecule has 0 saturated heterocycles. The maximum Gasteiger partial charge on any atom is 0.408 e. The molecule has 0 bridgehead atoms. The van der Waals surface area contributed by atoms with Crippen LogP contribution in [0.3, 0.4) is 0 Å². The highest BCUT2D eigenvalue weighted by atomic mass is 127. The minimum Gasteiger partial charge on any atom is -0.361 e. The molecule has 0 aliphatic carbocycles. The number of carbonyl (C=O) groups is 1. The highest BCUT2D eigenvalue weighted by molar-refractivity contribution is 14.2. The number of aromatic nitrogens is 4. The molecule has 0 radical (unpaired) electrons. The highest BCUT2D eigenvalue weighted by Crippen LogP contribution is 2.30. The van der Waals surface area contributed by atoms with Crippen molar-refractivity contribution in [2.45, 2.75) is 36.9 Å². The summed E-state index contributed by atoms with van der Waals surface area (Å²) in [6, 6.07) is 6.67. The SMILES string of the molecule is O=C(C(OCCOPI)c1ccccc1F)N1Cc2cn(S(=O)(=O)c3ccn(CC(F)(F)F)n3)nc2C1. The zero-order valence-corrected chi connectivity index (χ0v) is 22.7. The van der Waals surface area contributed by atoms with Crippen molar-refractivity contribution < 1.29 is 40.0 Å². The maximum absolute atomic E-state index is 14.5. The van der Waals surface area contributed by atoms with E-state index in [1.165, 1.54) is 29.3 Å². The Morgan fingerprint density at radius 1 is 1.16 bits per heavy atom. The monoisotopic (exact) mass is 675 g/mol. The van der Waals surface area contributed by atoms with E-state index in [4.69, 9.17) is 9.26 Å². The van der Waals surface area contributed by atoms with Crippen LogP contribution in [0.4, 0.5) is 17.6 Å². The van der Waals surface area contributed by atoms with Crippen LogP contribution in [0.25, 0.3) is 0 Å². The van der Waals surface area contributed by atoms with Gasteiger partial charge in [-0.1, -0.05) is 18.2 Å². The van der Waals surface area contributed by atoms with Gasteiger partial charge in [-0.05, 0) is 34.2 Å². The van der Waals surface area contributed by atoms with E-state index in [0.717, 1.165) is 12.3 Å². The van der Waals surface area contributed by atoms with E-state index in [1.54, 1.807) is 6.07 Å². The van der Waals surface area contributed by atoms with Gasteiger partial charge in [0.15, 0.2) is 11.1 Å². The number of hydrogen-bond donors (Lipinski definition) is 0. The van der Waals surface area contributed by atoms with E-state index in [0.29, 0.717) is 14.3 Å². The lowest BCUT2D eigenvalue weighted by molar-refractivity contribution is -0.145. The molecule has 1 aliphatic heterocycles. The molecule has 0 fully saturated rings. The van der Waals surface area contributed by atoms with Crippen molar-refractivity contribution in [1.82, 2.24) is 23.9 Å². The van der Waals surface area contributed by atoms with Crippen LogP contribution in [-0.2, 0) is 43.7 Å². The third kappa shape index (κ3) is 6.47. The molecule has 1 aromatic carbocycles. The molecular weight excluding hydrogens is 656 g/mol. The minimum absolute atomic E-state index is 0.0217. The number of ether oxygens (including phenoxy) is 1. The molecule has 2 atom stereocenters. The average Bonchev–Trinajstić information content (AvgIpc) is 3.54. The molecule has 2 unspecified atom stereocenters. The molecule has 2 aromatic heterocycles. The van der Waals surface area contributed by atoms with Crippen LogP contribution in [0.15, 0.2) is 47.8 Å². The summed E-state index contributed by atoms with van der Waals surface area (Å²) in [7, 11) is -4.36. The molecule has 1 aliphatic rings. The average molecular weight is 675 g/mol. The van der Waals surface area contributed by atoms with Crippen molar-refractivity contribution in [1.29, 1.82) is 0 Å². The quantitative estimate of drug-likeness (QED) is 0.140. The standard InChI is InChI=1S/C20H19F4IN5O5PS/c21-15-4-2-1-3-14(15)18(34-7-8-35-36-25)19(31)28-9-13-10-30(26-16(13)11-28)37(32,33)17-5-6-29(27-17)12-20(22,23)24/h1-6,10,18,36H,7-9,11-12H2. The third-order valence-corrected chi connectivity index (χ3v) is 7.95. The number of halogens is 5.